The van der Waals surface area contributed by atoms with Gasteiger partial charge in [0, 0.05) is 6.54 Å². The highest BCUT2D eigenvalue weighted by atomic mass is 16.6. The summed E-state index contributed by atoms with van der Waals surface area (Å²) >= 11 is 0. The monoisotopic (exact) mass is 248 g/mol. The Bertz CT molecular complexity index is 394. The van der Waals surface area contributed by atoms with Crippen molar-refractivity contribution in [3.05, 3.63) is 35.9 Å². The average molecular weight is 248 g/mol. The second kappa shape index (κ2) is 5.87. The third kappa shape index (κ3) is 2.64. The van der Waals surface area contributed by atoms with E-state index >= 15 is 0 Å². The maximum absolute atomic E-state index is 11.8. The van der Waals surface area contributed by atoms with E-state index in [9.17, 15) is 4.79 Å². The molecule has 98 valence electrons. The Labute approximate surface area is 108 Å². The van der Waals surface area contributed by atoms with Crippen molar-refractivity contribution in [2.24, 2.45) is 5.73 Å². The third-order valence-electron chi connectivity index (χ3n) is 3.40. The van der Waals surface area contributed by atoms with Crippen LogP contribution in [-0.4, -0.2) is 30.2 Å². The van der Waals surface area contributed by atoms with E-state index in [0.29, 0.717) is 6.61 Å². The van der Waals surface area contributed by atoms with Crippen molar-refractivity contribution in [3.63, 3.8) is 0 Å². The summed E-state index contributed by atoms with van der Waals surface area (Å²) in [6.07, 6.45) is 1.69. The van der Waals surface area contributed by atoms with Gasteiger partial charge in [0.15, 0.2) is 0 Å². The molecular weight excluding hydrogens is 228 g/mol. The van der Waals surface area contributed by atoms with Crippen molar-refractivity contribution in [3.8, 4) is 0 Å². The SMILES string of the molecule is CCOC(=O)N1CCC[C@H]1[C@@H](N)c1ccccc1. The van der Waals surface area contributed by atoms with Gasteiger partial charge in [-0.15, -0.1) is 0 Å². The van der Waals surface area contributed by atoms with Gasteiger partial charge in [-0.05, 0) is 25.3 Å². The number of carbonyl (C=O) groups is 1. The first-order chi connectivity index (χ1) is 8.74. The first-order valence-corrected chi connectivity index (χ1v) is 6.48. The van der Waals surface area contributed by atoms with E-state index in [4.69, 9.17) is 10.5 Å². The Morgan fingerprint density at radius 2 is 2.22 bits per heavy atom. The fraction of sp³-hybridized carbons (Fsp3) is 0.500. The molecule has 2 N–H and O–H groups in total. The molecule has 4 heteroatoms. The van der Waals surface area contributed by atoms with E-state index < -0.39 is 0 Å². The molecule has 1 aromatic rings. The summed E-state index contributed by atoms with van der Waals surface area (Å²) in [5, 5.41) is 0. The Kier molecular flexibility index (Phi) is 4.20. The van der Waals surface area contributed by atoms with E-state index in [2.05, 4.69) is 0 Å². The highest BCUT2D eigenvalue weighted by molar-refractivity contribution is 5.68. The summed E-state index contributed by atoms with van der Waals surface area (Å²) in [4.78, 5) is 13.6. The van der Waals surface area contributed by atoms with Crippen molar-refractivity contribution in [2.75, 3.05) is 13.2 Å². The highest BCUT2D eigenvalue weighted by Gasteiger charge is 2.34. The van der Waals surface area contributed by atoms with Gasteiger partial charge < -0.3 is 15.4 Å². The number of hydrogen-bond acceptors (Lipinski definition) is 3. The smallest absolute Gasteiger partial charge is 0.410 e. The van der Waals surface area contributed by atoms with Gasteiger partial charge in [-0.1, -0.05) is 30.3 Å². The molecule has 1 amide bonds. The fourth-order valence-electron chi connectivity index (χ4n) is 2.50. The van der Waals surface area contributed by atoms with Gasteiger partial charge in [0.1, 0.15) is 0 Å². The van der Waals surface area contributed by atoms with Crippen molar-refractivity contribution in [2.45, 2.75) is 31.8 Å². The second-order valence-corrected chi connectivity index (χ2v) is 4.54. The minimum Gasteiger partial charge on any atom is -0.450 e. The van der Waals surface area contributed by atoms with Crippen LogP contribution in [0.2, 0.25) is 0 Å². The molecule has 1 aliphatic heterocycles. The molecule has 1 aliphatic rings. The topological polar surface area (TPSA) is 55.6 Å². The van der Waals surface area contributed by atoms with Crippen molar-refractivity contribution in [1.29, 1.82) is 0 Å². The highest BCUT2D eigenvalue weighted by Crippen LogP contribution is 2.28. The average Bonchev–Trinajstić information content (AvgIpc) is 2.88. The standard InChI is InChI=1S/C14H20N2O2/c1-2-18-14(17)16-10-6-9-12(16)13(15)11-7-4-3-5-8-11/h3-5,7-8,12-13H,2,6,9-10,15H2,1H3/t12-,13-/m0/s1. The Balaban J connectivity index is 2.09. The van der Waals surface area contributed by atoms with Crippen LogP contribution in [0.1, 0.15) is 31.4 Å². The lowest BCUT2D eigenvalue weighted by atomic mass is 9.98. The minimum absolute atomic E-state index is 0.0476. The number of likely N-dealkylation sites (tertiary alicyclic amines) is 1. The summed E-state index contributed by atoms with van der Waals surface area (Å²) in [5.41, 5.74) is 7.34. The van der Waals surface area contributed by atoms with E-state index in [1.165, 1.54) is 0 Å². The van der Waals surface area contributed by atoms with Crippen LogP contribution >= 0.6 is 0 Å². The van der Waals surface area contributed by atoms with Gasteiger partial charge in [-0.25, -0.2) is 4.79 Å². The van der Waals surface area contributed by atoms with E-state index in [-0.39, 0.29) is 18.2 Å². The van der Waals surface area contributed by atoms with E-state index in [1.54, 1.807) is 4.90 Å². The van der Waals surface area contributed by atoms with Crippen LogP contribution in [0.15, 0.2) is 30.3 Å². The number of benzene rings is 1. The van der Waals surface area contributed by atoms with Crippen molar-refractivity contribution in [1.82, 2.24) is 4.90 Å². The van der Waals surface area contributed by atoms with Crippen LogP contribution in [-0.2, 0) is 4.74 Å². The molecule has 1 fully saturated rings. The molecule has 0 bridgehead atoms. The molecule has 0 aliphatic carbocycles. The van der Waals surface area contributed by atoms with Gasteiger partial charge in [-0.3, -0.25) is 0 Å². The molecule has 0 aromatic heterocycles. The maximum Gasteiger partial charge on any atom is 0.410 e. The zero-order valence-corrected chi connectivity index (χ0v) is 10.7. The molecule has 0 spiro atoms. The van der Waals surface area contributed by atoms with E-state index in [0.717, 1.165) is 24.9 Å². The number of carbonyl (C=O) groups excluding carboxylic acids is 1. The minimum atomic E-state index is -0.244. The zero-order chi connectivity index (χ0) is 13.0. The van der Waals surface area contributed by atoms with Gasteiger partial charge in [0.25, 0.3) is 0 Å². The molecule has 1 heterocycles. The van der Waals surface area contributed by atoms with Crippen molar-refractivity contribution >= 4 is 6.09 Å². The van der Waals surface area contributed by atoms with Crippen LogP contribution in [0.3, 0.4) is 0 Å². The molecule has 4 nitrogen and oxygen atoms in total. The fourth-order valence-corrected chi connectivity index (χ4v) is 2.50. The molecule has 2 atom stereocenters. The van der Waals surface area contributed by atoms with Gasteiger partial charge in [-0.2, -0.15) is 0 Å². The van der Waals surface area contributed by atoms with Gasteiger partial charge >= 0.3 is 6.09 Å². The number of ether oxygens (including phenoxy) is 1. The predicted octanol–water partition coefficient (Wildman–Crippen LogP) is 2.31. The number of amides is 1. The van der Waals surface area contributed by atoms with Crippen LogP contribution in [0.25, 0.3) is 0 Å². The van der Waals surface area contributed by atoms with E-state index in [1.807, 2.05) is 37.3 Å². The summed E-state index contributed by atoms with van der Waals surface area (Å²) < 4.78 is 5.07. The second-order valence-electron chi connectivity index (χ2n) is 4.54. The maximum atomic E-state index is 11.8. The summed E-state index contributed by atoms with van der Waals surface area (Å²) in [7, 11) is 0. The zero-order valence-electron chi connectivity index (χ0n) is 10.7. The van der Waals surface area contributed by atoms with Gasteiger partial charge in [0.2, 0.25) is 0 Å². The lowest BCUT2D eigenvalue weighted by Gasteiger charge is -2.28. The summed E-state index contributed by atoms with van der Waals surface area (Å²) in [6, 6.07) is 9.83. The largest absolute Gasteiger partial charge is 0.450 e. The number of nitrogens with zero attached hydrogens (tertiary/aromatic N) is 1. The number of hydrogen-bond donors (Lipinski definition) is 1. The third-order valence-corrected chi connectivity index (χ3v) is 3.40. The predicted molar refractivity (Wildman–Crippen MR) is 70.1 cm³/mol. The Hall–Kier alpha value is -1.55. The van der Waals surface area contributed by atoms with Crippen LogP contribution in [0.4, 0.5) is 4.79 Å². The summed E-state index contributed by atoms with van der Waals surface area (Å²) in [6.45, 7) is 2.97. The first-order valence-electron chi connectivity index (χ1n) is 6.48. The molecule has 18 heavy (non-hydrogen) atoms. The van der Waals surface area contributed by atoms with Crippen LogP contribution in [0.5, 0.6) is 0 Å². The lowest BCUT2D eigenvalue weighted by molar-refractivity contribution is 0.0983. The molecule has 0 unspecified atom stereocenters. The molecule has 0 radical (unpaired) electrons. The molecule has 1 aromatic carbocycles. The number of nitrogens with two attached hydrogens (primary N) is 1. The lowest BCUT2D eigenvalue weighted by Crippen LogP contribution is -2.42. The molecule has 2 rings (SSSR count). The normalized spacial score (nSPS) is 20.8. The molecule has 1 saturated heterocycles. The number of rotatable bonds is 3. The Morgan fingerprint density at radius 1 is 1.50 bits per heavy atom. The Morgan fingerprint density at radius 3 is 2.89 bits per heavy atom. The first kappa shape index (κ1) is 12.9. The van der Waals surface area contributed by atoms with Crippen LogP contribution in [0, 0.1) is 0 Å². The summed E-state index contributed by atoms with van der Waals surface area (Å²) in [5.74, 6) is 0. The van der Waals surface area contributed by atoms with Gasteiger partial charge in [0.05, 0.1) is 18.7 Å². The molecular formula is C14H20N2O2. The van der Waals surface area contributed by atoms with Crippen molar-refractivity contribution < 1.29 is 9.53 Å². The van der Waals surface area contributed by atoms with Crippen LogP contribution < -0.4 is 5.73 Å². The quantitative estimate of drug-likeness (QED) is 0.893. The molecule has 0 saturated carbocycles.